The first-order valence-electron chi connectivity index (χ1n) is 10.7. The summed E-state index contributed by atoms with van der Waals surface area (Å²) < 4.78 is 5.88. The summed E-state index contributed by atoms with van der Waals surface area (Å²) in [5, 5.41) is 9.44. The van der Waals surface area contributed by atoms with Gasteiger partial charge in [0.15, 0.2) is 6.10 Å². The Kier molecular flexibility index (Phi) is 14.3. The number of rotatable bonds is 16. The molecule has 0 bridgehead atoms. The minimum absolute atomic E-state index is 0.362. The molecule has 0 heterocycles. The van der Waals surface area contributed by atoms with Gasteiger partial charge in [-0.3, -0.25) is 0 Å². The Morgan fingerprint density at radius 2 is 1.28 bits per heavy atom. The normalized spacial score (nSPS) is 14.4. The predicted octanol–water partition coefficient (Wildman–Crippen LogP) is 6.84. The fraction of sp³-hybridized carbons (Fsp3) is 0.955. The van der Waals surface area contributed by atoms with Gasteiger partial charge in [0.2, 0.25) is 0 Å². The van der Waals surface area contributed by atoms with Crippen molar-refractivity contribution in [3.63, 3.8) is 0 Å². The van der Waals surface area contributed by atoms with E-state index in [2.05, 4.69) is 13.8 Å². The number of hydrogen-bond donors (Lipinski definition) is 1. The molecule has 2 atom stereocenters. The molecule has 0 saturated heterocycles. The van der Waals surface area contributed by atoms with E-state index in [9.17, 15) is 9.90 Å². The molecule has 0 aliphatic carbocycles. The standard InChI is InChI=1S/C22H44O3/c1-6-8-10-12-13-15-17-19(16-14-11-9-7-2)18-25-20(21(23)24)22(3,4)5/h19-20H,6-18H2,1-5H3,(H,23,24). The van der Waals surface area contributed by atoms with Gasteiger partial charge < -0.3 is 9.84 Å². The second kappa shape index (κ2) is 14.6. The van der Waals surface area contributed by atoms with Crippen molar-refractivity contribution in [2.75, 3.05) is 6.61 Å². The summed E-state index contributed by atoms with van der Waals surface area (Å²) >= 11 is 0. The number of ether oxygens (including phenoxy) is 1. The van der Waals surface area contributed by atoms with Crippen LogP contribution in [0.2, 0.25) is 0 Å². The van der Waals surface area contributed by atoms with E-state index in [1.54, 1.807) is 0 Å². The Hall–Kier alpha value is -0.570. The molecule has 0 aromatic carbocycles. The maximum atomic E-state index is 11.5. The van der Waals surface area contributed by atoms with Gasteiger partial charge in [-0.2, -0.15) is 0 Å². The number of carboxylic acid groups (broad SMARTS) is 1. The summed E-state index contributed by atoms with van der Waals surface area (Å²) in [5.74, 6) is -0.330. The summed E-state index contributed by atoms with van der Waals surface area (Å²) in [6, 6.07) is 0. The summed E-state index contributed by atoms with van der Waals surface area (Å²) in [6.45, 7) is 10.9. The molecular weight excluding hydrogens is 312 g/mol. The molecule has 150 valence electrons. The van der Waals surface area contributed by atoms with E-state index >= 15 is 0 Å². The molecule has 0 aliphatic heterocycles. The zero-order chi connectivity index (χ0) is 19.1. The van der Waals surface area contributed by atoms with E-state index in [-0.39, 0.29) is 5.41 Å². The smallest absolute Gasteiger partial charge is 0.333 e. The lowest BCUT2D eigenvalue weighted by atomic mass is 9.88. The van der Waals surface area contributed by atoms with E-state index in [0.717, 1.165) is 0 Å². The SMILES string of the molecule is CCCCCCCCC(CCCCCC)COC(C(=O)O)C(C)(C)C. The van der Waals surface area contributed by atoms with Crippen LogP contribution in [0.25, 0.3) is 0 Å². The molecule has 0 spiro atoms. The molecule has 3 heteroatoms. The van der Waals surface area contributed by atoms with Crippen LogP contribution in [0.4, 0.5) is 0 Å². The van der Waals surface area contributed by atoms with Crippen molar-refractivity contribution in [2.45, 2.75) is 118 Å². The molecule has 3 nitrogen and oxygen atoms in total. The van der Waals surface area contributed by atoms with Crippen LogP contribution in [-0.2, 0) is 9.53 Å². The van der Waals surface area contributed by atoms with Crippen LogP contribution in [0.5, 0.6) is 0 Å². The van der Waals surface area contributed by atoms with Crippen LogP contribution in [0.15, 0.2) is 0 Å². The summed E-state index contributed by atoms with van der Waals surface area (Å²) in [6.07, 6.45) is 14.6. The maximum Gasteiger partial charge on any atom is 0.333 e. The van der Waals surface area contributed by atoms with E-state index in [0.29, 0.717) is 12.5 Å². The van der Waals surface area contributed by atoms with Crippen molar-refractivity contribution in [1.29, 1.82) is 0 Å². The van der Waals surface area contributed by atoms with Crippen LogP contribution < -0.4 is 0 Å². The van der Waals surface area contributed by atoms with Crippen molar-refractivity contribution in [2.24, 2.45) is 11.3 Å². The van der Waals surface area contributed by atoms with Gasteiger partial charge in [0, 0.05) is 0 Å². The van der Waals surface area contributed by atoms with Crippen molar-refractivity contribution in [3.8, 4) is 0 Å². The van der Waals surface area contributed by atoms with Crippen molar-refractivity contribution < 1.29 is 14.6 Å². The third kappa shape index (κ3) is 13.3. The van der Waals surface area contributed by atoms with Gasteiger partial charge in [-0.15, -0.1) is 0 Å². The molecule has 2 unspecified atom stereocenters. The van der Waals surface area contributed by atoms with Crippen LogP contribution in [0.1, 0.15) is 112 Å². The molecule has 0 aliphatic rings. The average Bonchev–Trinajstić information content (AvgIpc) is 2.52. The Morgan fingerprint density at radius 1 is 0.840 bits per heavy atom. The highest BCUT2D eigenvalue weighted by Crippen LogP contribution is 2.25. The van der Waals surface area contributed by atoms with E-state index in [1.165, 1.54) is 77.0 Å². The number of carbonyl (C=O) groups is 1. The minimum Gasteiger partial charge on any atom is -0.479 e. The second-order valence-electron chi connectivity index (χ2n) is 8.69. The number of unbranched alkanes of at least 4 members (excludes halogenated alkanes) is 8. The fourth-order valence-corrected chi connectivity index (χ4v) is 3.31. The zero-order valence-electron chi connectivity index (χ0n) is 17.6. The first-order valence-corrected chi connectivity index (χ1v) is 10.7. The lowest BCUT2D eigenvalue weighted by Crippen LogP contribution is -2.38. The lowest BCUT2D eigenvalue weighted by molar-refractivity contribution is -0.159. The Balaban J connectivity index is 4.33. The molecular formula is C22H44O3. The van der Waals surface area contributed by atoms with E-state index < -0.39 is 12.1 Å². The van der Waals surface area contributed by atoms with Crippen LogP contribution in [0.3, 0.4) is 0 Å². The molecule has 0 rings (SSSR count). The molecule has 0 aromatic rings. The highest BCUT2D eigenvalue weighted by atomic mass is 16.5. The lowest BCUT2D eigenvalue weighted by Gasteiger charge is -2.29. The maximum absolute atomic E-state index is 11.5. The van der Waals surface area contributed by atoms with Crippen molar-refractivity contribution in [1.82, 2.24) is 0 Å². The molecule has 0 radical (unpaired) electrons. The van der Waals surface area contributed by atoms with Crippen LogP contribution in [-0.4, -0.2) is 23.8 Å². The molecule has 1 N–H and O–H groups in total. The quantitative estimate of drug-likeness (QED) is 0.308. The monoisotopic (exact) mass is 356 g/mol. The van der Waals surface area contributed by atoms with Gasteiger partial charge in [-0.25, -0.2) is 4.79 Å². The average molecular weight is 357 g/mol. The van der Waals surface area contributed by atoms with E-state index in [4.69, 9.17) is 4.74 Å². The van der Waals surface area contributed by atoms with Crippen molar-refractivity contribution in [3.05, 3.63) is 0 Å². The predicted molar refractivity (Wildman–Crippen MR) is 107 cm³/mol. The molecule has 25 heavy (non-hydrogen) atoms. The first-order chi connectivity index (χ1) is 11.8. The summed E-state index contributed by atoms with van der Waals surface area (Å²) in [4.78, 5) is 11.5. The van der Waals surface area contributed by atoms with Gasteiger partial charge in [0.25, 0.3) is 0 Å². The largest absolute Gasteiger partial charge is 0.479 e. The van der Waals surface area contributed by atoms with Gasteiger partial charge >= 0.3 is 5.97 Å². The molecule has 0 amide bonds. The van der Waals surface area contributed by atoms with Gasteiger partial charge in [0.1, 0.15) is 0 Å². The van der Waals surface area contributed by atoms with Crippen LogP contribution in [0, 0.1) is 11.3 Å². The second-order valence-corrected chi connectivity index (χ2v) is 8.69. The van der Waals surface area contributed by atoms with Gasteiger partial charge in [-0.1, -0.05) is 98.8 Å². The summed E-state index contributed by atoms with van der Waals surface area (Å²) in [5.41, 5.74) is -0.362. The highest BCUT2D eigenvalue weighted by molar-refractivity contribution is 5.73. The fourth-order valence-electron chi connectivity index (χ4n) is 3.31. The van der Waals surface area contributed by atoms with Gasteiger partial charge in [0.05, 0.1) is 6.61 Å². The minimum atomic E-state index is -0.836. The molecule has 0 fully saturated rings. The number of carboxylic acids is 1. The van der Waals surface area contributed by atoms with Gasteiger partial charge in [-0.05, 0) is 24.2 Å². The Morgan fingerprint density at radius 3 is 1.72 bits per heavy atom. The Bertz CT molecular complexity index is 320. The van der Waals surface area contributed by atoms with Crippen LogP contribution >= 0.6 is 0 Å². The Labute approximate surface area is 156 Å². The first kappa shape index (κ1) is 24.4. The summed E-state index contributed by atoms with van der Waals surface area (Å²) in [7, 11) is 0. The number of aliphatic carboxylic acids is 1. The number of hydrogen-bond acceptors (Lipinski definition) is 2. The third-order valence-corrected chi connectivity index (χ3v) is 4.94. The third-order valence-electron chi connectivity index (χ3n) is 4.94. The van der Waals surface area contributed by atoms with E-state index in [1.807, 2.05) is 20.8 Å². The highest BCUT2D eigenvalue weighted by Gasteiger charge is 2.32. The topological polar surface area (TPSA) is 46.5 Å². The van der Waals surface area contributed by atoms with Crippen molar-refractivity contribution >= 4 is 5.97 Å². The zero-order valence-corrected chi connectivity index (χ0v) is 17.6. The molecule has 0 saturated carbocycles. The molecule has 0 aromatic heterocycles.